The first kappa shape index (κ1) is 25.7. The predicted molar refractivity (Wildman–Crippen MR) is 138 cm³/mol. The highest BCUT2D eigenvalue weighted by molar-refractivity contribution is 7.98. The average molecular weight is 467 g/mol. The van der Waals surface area contributed by atoms with E-state index in [0.29, 0.717) is 12.1 Å². The summed E-state index contributed by atoms with van der Waals surface area (Å²) in [5.74, 6) is 0.853. The summed E-state index contributed by atoms with van der Waals surface area (Å²) in [5.41, 5.74) is 4.37. The number of carbonyl (C=O) groups is 2. The van der Waals surface area contributed by atoms with E-state index in [1.165, 1.54) is 36.8 Å². The van der Waals surface area contributed by atoms with Crippen LogP contribution in [0, 0.1) is 0 Å². The molecule has 2 aromatic rings. The van der Waals surface area contributed by atoms with Crippen LogP contribution in [0.4, 0.5) is 0 Å². The molecule has 0 radical (unpaired) electrons. The van der Waals surface area contributed by atoms with Crippen molar-refractivity contribution in [3.63, 3.8) is 0 Å². The molecule has 0 aromatic heterocycles. The molecule has 178 valence electrons. The van der Waals surface area contributed by atoms with Crippen molar-refractivity contribution in [2.24, 2.45) is 0 Å². The molecular weight excluding hydrogens is 428 g/mol. The van der Waals surface area contributed by atoms with E-state index in [2.05, 4.69) is 47.5 Å². The Morgan fingerprint density at radius 1 is 1.09 bits per heavy atom. The molecule has 1 aliphatic carbocycles. The van der Waals surface area contributed by atoms with Gasteiger partial charge in [0.05, 0.1) is 6.04 Å². The Hall–Kier alpha value is -1.95. The number of aldehydes is 2. The van der Waals surface area contributed by atoms with E-state index in [1.54, 1.807) is 11.8 Å². The van der Waals surface area contributed by atoms with E-state index in [9.17, 15) is 9.59 Å². The lowest BCUT2D eigenvalue weighted by Crippen LogP contribution is -2.32. The van der Waals surface area contributed by atoms with Crippen LogP contribution in [-0.2, 0) is 23.5 Å². The fourth-order valence-electron chi connectivity index (χ4n) is 4.57. The van der Waals surface area contributed by atoms with E-state index >= 15 is 0 Å². The average Bonchev–Trinajstić information content (AvgIpc) is 3.36. The third-order valence-corrected chi connectivity index (χ3v) is 7.80. The first-order valence-electron chi connectivity index (χ1n) is 12.3. The molecule has 33 heavy (non-hydrogen) atoms. The van der Waals surface area contributed by atoms with Gasteiger partial charge in [0.25, 0.3) is 0 Å². The molecule has 3 rings (SSSR count). The molecule has 1 saturated carbocycles. The van der Waals surface area contributed by atoms with Crippen LogP contribution in [0.3, 0.4) is 0 Å². The van der Waals surface area contributed by atoms with Gasteiger partial charge in [-0.3, -0.25) is 9.69 Å². The predicted octanol–water partition coefficient (Wildman–Crippen LogP) is 5.67. The number of rotatable bonds is 14. The van der Waals surface area contributed by atoms with Gasteiger partial charge in [-0.05, 0) is 62.0 Å². The number of likely N-dealkylation sites (N-methyl/N-ethyl adjacent to an activating group) is 1. The molecule has 0 saturated heterocycles. The second-order valence-electron chi connectivity index (χ2n) is 9.14. The lowest BCUT2D eigenvalue weighted by molar-refractivity contribution is -0.112. The Kier molecular flexibility index (Phi) is 10.6. The van der Waals surface area contributed by atoms with Gasteiger partial charge in [0.1, 0.15) is 12.6 Å². The molecule has 1 N–H and O–H groups in total. The second kappa shape index (κ2) is 13.7. The molecule has 1 atom stereocenters. The molecule has 0 aliphatic heterocycles. The maximum Gasteiger partial charge on any atom is 0.150 e. The zero-order chi connectivity index (χ0) is 23.5. The summed E-state index contributed by atoms with van der Waals surface area (Å²) in [6.45, 7) is 3.73. The van der Waals surface area contributed by atoms with Crippen molar-refractivity contribution in [3.05, 3.63) is 64.7 Å². The lowest BCUT2D eigenvalue weighted by Gasteiger charge is -2.25. The molecular formula is C28H38N2O2S. The third-order valence-electron chi connectivity index (χ3n) is 6.63. The summed E-state index contributed by atoms with van der Waals surface area (Å²) < 4.78 is 0. The highest BCUT2D eigenvalue weighted by atomic mass is 32.2. The quantitative estimate of drug-likeness (QED) is 0.287. The van der Waals surface area contributed by atoms with Crippen LogP contribution in [0.15, 0.2) is 47.4 Å². The Balaban J connectivity index is 1.58. The maximum atomic E-state index is 11.7. The summed E-state index contributed by atoms with van der Waals surface area (Å²) >= 11 is 1.76. The van der Waals surface area contributed by atoms with Gasteiger partial charge in [-0.25, -0.2) is 0 Å². The normalized spacial score (nSPS) is 15.1. The zero-order valence-electron chi connectivity index (χ0n) is 20.1. The molecule has 0 bridgehead atoms. The molecule has 0 amide bonds. The third kappa shape index (κ3) is 7.80. The molecule has 2 aromatic carbocycles. The van der Waals surface area contributed by atoms with E-state index < -0.39 is 0 Å². The van der Waals surface area contributed by atoms with Gasteiger partial charge < -0.3 is 10.1 Å². The number of nitrogens with zero attached hydrogens (tertiary/aromatic N) is 1. The summed E-state index contributed by atoms with van der Waals surface area (Å²) in [6, 6.07) is 15.4. The Morgan fingerprint density at radius 3 is 2.48 bits per heavy atom. The number of nitrogens with one attached hydrogen (secondary N) is 1. The SMILES string of the molecule is CCCC(C=O)N(C)Cc1c(C=O)cccc1SCc1ccc(CCNC2CCCC2)cc1. The van der Waals surface area contributed by atoms with Gasteiger partial charge in [-0.1, -0.05) is 62.6 Å². The number of carbonyl (C=O) groups excluding carboxylic acids is 2. The van der Waals surface area contributed by atoms with Crippen molar-refractivity contribution in [3.8, 4) is 0 Å². The summed E-state index contributed by atoms with van der Waals surface area (Å²) in [7, 11) is 1.96. The van der Waals surface area contributed by atoms with Gasteiger partial charge in [0, 0.05) is 28.8 Å². The van der Waals surface area contributed by atoms with Gasteiger partial charge in [-0.2, -0.15) is 0 Å². The van der Waals surface area contributed by atoms with E-state index in [0.717, 1.165) is 60.6 Å². The second-order valence-corrected chi connectivity index (χ2v) is 10.2. The Morgan fingerprint density at radius 2 is 1.82 bits per heavy atom. The smallest absolute Gasteiger partial charge is 0.150 e. The Bertz CT molecular complexity index is 878. The summed E-state index contributed by atoms with van der Waals surface area (Å²) in [5, 5.41) is 3.69. The summed E-state index contributed by atoms with van der Waals surface area (Å²) in [6.07, 6.45) is 10.2. The van der Waals surface area contributed by atoms with Crippen LogP contribution in [0.25, 0.3) is 0 Å². The van der Waals surface area contributed by atoms with Crippen LogP contribution in [0.2, 0.25) is 0 Å². The van der Waals surface area contributed by atoms with Gasteiger partial charge in [0.2, 0.25) is 0 Å². The molecule has 1 aliphatic rings. The highest BCUT2D eigenvalue weighted by Crippen LogP contribution is 2.29. The fraction of sp³-hybridized carbons (Fsp3) is 0.500. The minimum absolute atomic E-state index is 0.122. The van der Waals surface area contributed by atoms with Gasteiger partial charge in [0.15, 0.2) is 0 Å². The minimum Gasteiger partial charge on any atom is -0.314 e. The van der Waals surface area contributed by atoms with Crippen molar-refractivity contribution in [2.75, 3.05) is 13.6 Å². The van der Waals surface area contributed by atoms with Crippen molar-refractivity contribution in [1.29, 1.82) is 0 Å². The van der Waals surface area contributed by atoms with Crippen LogP contribution in [0.1, 0.15) is 72.5 Å². The largest absolute Gasteiger partial charge is 0.314 e. The van der Waals surface area contributed by atoms with Crippen LogP contribution >= 0.6 is 11.8 Å². The van der Waals surface area contributed by atoms with Crippen LogP contribution < -0.4 is 5.32 Å². The molecule has 0 spiro atoms. The van der Waals surface area contributed by atoms with Crippen molar-refractivity contribution in [2.45, 2.75) is 81.1 Å². The first-order chi connectivity index (χ1) is 16.1. The molecule has 1 unspecified atom stereocenters. The van der Waals surface area contributed by atoms with Gasteiger partial charge in [-0.15, -0.1) is 11.8 Å². The van der Waals surface area contributed by atoms with Crippen molar-refractivity contribution in [1.82, 2.24) is 10.2 Å². The van der Waals surface area contributed by atoms with E-state index in [4.69, 9.17) is 0 Å². The number of thioether (sulfide) groups is 1. The summed E-state index contributed by atoms with van der Waals surface area (Å²) in [4.78, 5) is 26.4. The first-order valence-corrected chi connectivity index (χ1v) is 13.3. The lowest BCUT2D eigenvalue weighted by atomic mass is 10.1. The van der Waals surface area contributed by atoms with E-state index in [-0.39, 0.29) is 6.04 Å². The maximum absolute atomic E-state index is 11.7. The molecule has 5 heteroatoms. The topological polar surface area (TPSA) is 49.4 Å². The van der Waals surface area contributed by atoms with Gasteiger partial charge >= 0.3 is 0 Å². The van der Waals surface area contributed by atoms with Crippen LogP contribution in [0.5, 0.6) is 0 Å². The minimum atomic E-state index is -0.122. The number of hydrogen-bond donors (Lipinski definition) is 1. The molecule has 4 nitrogen and oxygen atoms in total. The molecule has 1 fully saturated rings. The number of benzene rings is 2. The molecule has 0 heterocycles. The standard InChI is InChI=1S/C28H38N2O2S/c1-3-7-26(20-32)30(2)18-27-24(19-31)8-6-11-28(27)33-21-23-14-12-22(13-15-23)16-17-29-25-9-4-5-10-25/h6,8,11-15,19-20,25-26,29H,3-5,7,9-10,16-18,21H2,1-2H3. The van der Waals surface area contributed by atoms with Crippen molar-refractivity contribution >= 4 is 24.3 Å². The monoisotopic (exact) mass is 466 g/mol. The number of hydrogen-bond acceptors (Lipinski definition) is 5. The highest BCUT2D eigenvalue weighted by Gasteiger charge is 2.17. The zero-order valence-corrected chi connectivity index (χ0v) is 20.9. The van der Waals surface area contributed by atoms with Crippen molar-refractivity contribution < 1.29 is 9.59 Å². The van der Waals surface area contributed by atoms with Crippen LogP contribution in [-0.4, -0.2) is 43.1 Å². The Labute approximate surface area is 203 Å². The van der Waals surface area contributed by atoms with E-state index in [1.807, 2.05) is 19.2 Å². The fourth-order valence-corrected chi connectivity index (χ4v) is 5.61.